The van der Waals surface area contributed by atoms with Crippen LogP contribution in [0.2, 0.25) is 0 Å². The molecule has 4 unspecified atom stereocenters. The third-order valence-electron chi connectivity index (χ3n) is 7.39. The topological polar surface area (TPSA) is 92.1 Å². The molecule has 3 N–H and O–H groups in total. The van der Waals surface area contributed by atoms with E-state index in [1.165, 1.54) is 0 Å². The molecule has 1 aliphatic carbocycles. The van der Waals surface area contributed by atoms with E-state index in [9.17, 15) is 22.4 Å². The van der Waals surface area contributed by atoms with Crippen LogP contribution in [0.15, 0.2) is 22.7 Å². The molecule has 7 nitrogen and oxygen atoms in total. The summed E-state index contributed by atoms with van der Waals surface area (Å²) in [7, 11) is 0. The van der Waals surface area contributed by atoms with Gasteiger partial charge in [0, 0.05) is 12.1 Å². The van der Waals surface area contributed by atoms with Crippen molar-refractivity contribution in [2.45, 2.75) is 95.1 Å². The first-order chi connectivity index (χ1) is 18.5. The van der Waals surface area contributed by atoms with Crippen molar-refractivity contribution in [2.24, 2.45) is 0 Å². The van der Waals surface area contributed by atoms with E-state index in [1.54, 1.807) is 18.2 Å². The van der Waals surface area contributed by atoms with Crippen molar-refractivity contribution in [1.29, 1.82) is 0 Å². The number of hydrogen-bond donors (Lipinski definition) is 3. The average Bonchev–Trinajstić information content (AvgIpc) is 3.31. The van der Waals surface area contributed by atoms with Gasteiger partial charge in [0.2, 0.25) is 11.7 Å². The Morgan fingerprint density at radius 2 is 2.03 bits per heavy atom. The van der Waals surface area contributed by atoms with Gasteiger partial charge >= 0.3 is 6.18 Å². The highest BCUT2D eigenvalue weighted by Crippen LogP contribution is 2.44. The van der Waals surface area contributed by atoms with Gasteiger partial charge in [0.05, 0.1) is 34.3 Å². The second kappa shape index (κ2) is 10.6. The molecule has 1 aliphatic heterocycles. The Balaban J connectivity index is 1.46. The average molecular weight is 572 g/mol. The van der Waals surface area contributed by atoms with Crippen LogP contribution >= 0.6 is 11.3 Å². The van der Waals surface area contributed by atoms with Crippen LogP contribution < -0.4 is 16.0 Å². The summed E-state index contributed by atoms with van der Waals surface area (Å²) in [6.45, 7) is 3.71. The highest BCUT2D eigenvalue weighted by atomic mass is 32.1. The van der Waals surface area contributed by atoms with Gasteiger partial charge in [-0.2, -0.15) is 18.2 Å². The number of halogens is 5. The summed E-state index contributed by atoms with van der Waals surface area (Å²) in [5, 5.41) is 13.2. The number of alkyl halides is 5. The number of carbonyl (C=O) groups excluding carboxylic acids is 1. The first-order valence-corrected chi connectivity index (χ1v) is 13.9. The van der Waals surface area contributed by atoms with Gasteiger partial charge in [0.15, 0.2) is 5.67 Å². The van der Waals surface area contributed by atoms with Crippen LogP contribution in [0.4, 0.5) is 27.6 Å². The van der Waals surface area contributed by atoms with Crippen LogP contribution in [0.25, 0.3) is 20.8 Å². The zero-order valence-corrected chi connectivity index (χ0v) is 22.3. The van der Waals surface area contributed by atoms with Crippen molar-refractivity contribution in [3.8, 4) is 10.7 Å². The predicted octanol–water partition coefficient (Wildman–Crippen LogP) is 5.84. The minimum atomic E-state index is -4.51. The van der Waals surface area contributed by atoms with E-state index < -0.39 is 36.4 Å². The van der Waals surface area contributed by atoms with Gasteiger partial charge in [0.25, 0.3) is 5.91 Å². The second-order valence-corrected chi connectivity index (χ2v) is 11.3. The summed E-state index contributed by atoms with van der Waals surface area (Å²) in [5.41, 5.74) is -1.35. The first kappa shape index (κ1) is 27.8. The molecule has 1 saturated carbocycles. The smallest absolute Gasteiger partial charge is 0.378 e. The van der Waals surface area contributed by atoms with Crippen LogP contribution in [-0.2, 0) is 17.8 Å². The molecule has 1 saturated heterocycles. The van der Waals surface area contributed by atoms with Crippen molar-refractivity contribution >= 4 is 33.0 Å². The molecule has 0 spiro atoms. The van der Waals surface area contributed by atoms with Crippen LogP contribution in [0.3, 0.4) is 0 Å². The zero-order valence-electron chi connectivity index (χ0n) is 21.5. The van der Waals surface area contributed by atoms with Gasteiger partial charge in [-0.25, -0.2) is 8.78 Å². The number of thiophene rings is 1. The number of nitrogens with one attached hydrogen (secondary N) is 3. The lowest BCUT2D eigenvalue weighted by atomic mass is 9.89. The van der Waals surface area contributed by atoms with E-state index in [0.29, 0.717) is 28.6 Å². The van der Waals surface area contributed by atoms with Crippen LogP contribution in [0.5, 0.6) is 0 Å². The molecule has 13 heteroatoms. The standard InChI is InChI=1S/C26H30F5N5O2S/c1-3-13-10-18(20(27)16(4-2)33-13)34-17-7-5-6-14-15(11-26(29,30)31)22(39-21(14)17)23-35-19(38-36-23)12-32-24(37)25(28)8-9-25/h5-7,13,16,18,20,33-34H,3-4,8-12H2,1-2H3,(H,32,37). The Labute approximate surface area is 225 Å². The number of aromatic nitrogens is 2. The molecule has 5 rings (SSSR count). The van der Waals surface area contributed by atoms with E-state index in [2.05, 4.69) is 26.1 Å². The van der Waals surface area contributed by atoms with Crippen LogP contribution in [0, 0.1) is 0 Å². The molecule has 212 valence electrons. The van der Waals surface area contributed by atoms with E-state index in [1.807, 2.05) is 13.8 Å². The molecule has 1 amide bonds. The molecule has 0 bridgehead atoms. The lowest BCUT2D eigenvalue weighted by Crippen LogP contribution is -2.57. The molecular weight excluding hydrogens is 541 g/mol. The third kappa shape index (κ3) is 5.88. The molecule has 2 fully saturated rings. The molecule has 2 aliphatic rings. The number of carbonyl (C=O) groups is 1. The Morgan fingerprint density at radius 3 is 2.69 bits per heavy atom. The number of fused-ring (bicyclic) bond motifs is 1. The number of amides is 1. The molecule has 4 atom stereocenters. The van der Waals surface area contributed by atoms with E-state index >= 15 is 4.39 Å². The lowest BCUT2D eigenvalue weighted by Gasteiger charge is -2.39. The maximum atomic E-state index is 15.3. The third-order valence-corrected chi connectivity index (χ3v) is 8.67. The summed E-state index contributed by atoms with van der Waals surface area (Å²) in [4.78, 5) is 16.2. The summed E-state index contributed by atoms with van der Waals surface area (Å²) >= 11 is 1.07. The Hall–Kier alpha value is -2.80. The van der Waals surface area contributed by atoms with Crippen molar-refractivity contribution < 1.29 is 31.3 Å². The predicted molar refractivity (Wildman–Crippen MR) is 138 cm³/mol. The van der Waals surface area contributed by atoms with Gasteiger partial charge in [-0.3, -0.25) is 4.79 Å². The van der Waals surface area contributed by atoms with Gasteiger partial charge in [-0.1, -0.05) is 31.1 Å². The number of nitrogens with zero attached hydrogens (tertiary/aromatic N) is 2. The van der Waals surface area contributed by atoms with E-state index in [0.717, 1.165) is 17.8 Å². The quantitative estimate of drug-likeness (QED) is 0.280. The fraction of sp³-hybridized carbons (Fsp3) is 0.577. The molecule has 3 heterocycles. The molecule has 3 aromatic rings. The Bertz CT molecular complexity index is 1340. The van der Waals surface area contributed by atoms with Crippen molar-refractivity contribution in [1.82, 2.24) is 20.8 Å². The summed E-state index contributed by atoms with van der Waals surface area (Å²) in [6, 6.07) is 4.28. The highest BCUT2D eigenvalue weighted by Gasteiger charge is 2.50. The number of hydrogen-bond acceptors (Lipinski definition) is 7. The van der Waals surface area contributed by atoms with E-state index in [4.69, 9.17) is 4.52 Å². The number of rotatable bonds is 9. The van der Waals surface area contributed by atoms with E-state index in [-0.39, 0.29) is 53.6 Å². The SMILES string of the molecule is CCC1CC(Nc2cccc3c(CC(F)(F)F)c(-c4noc(CNC(=O)C5(F)CC5)n4)sc23)C(F)C(CC)N1. The molecule has 0 radical (unpaired) electrons. The maximum absolute atomic E-state index is 15.3. The lowest BCUT2D eigenvalue weighted by molar-refractivity contribution is -0.128. The van der Waals surface area contributed by atoms with Gasteiger partial charge < -0.3 is 20.5 Å². The zero-order chi connectivity index (χ0) is 27.9. The number of piperidine rings is 1. The summed E-state index contributed by atoms with van der Waals surface area (Å²) in [6.07, 6.45) is -4.62. The number of anilines is 1. The maximum Gasteiger partial charge on any atom is 0.393 e. The highest BCUT2D eigenvalue weighted by molar-refractivity contribution is 7.23. The summed E-state index contributed by atoms with van der Waals surface area (Å²) < 4.78 is 75.9. The minimum absolute atomic E-state index is 0.0109. The summed E-state index contributed by atoms with van der Waals surface area (Å²) in [5.74, 6) is -0.894. The van der Waals surface area contributed by atoms with Crippen LogP contribution in [-0.4, -0.2) is 52.2 Å². The molecule has 39 heavy (non-hydrogen) atoms. The van der Waals surface area contributed by atoms with Crippen molar-refractivity contribution in [3.05, 3.63) is 29.7 Å². The van der Waals surface area contributed by atoms with Gasteiger partial charge in [-0.15, -0.1) is 11.3 Å². The Morgan fingerprint density at radius 1 is 1.26 bits per heavy atom. The van der Waals surface area contributed by atoms with Gasteiger partial charge in [-0.05, 0) is 49.1 Å². The fourth-order valence-electron chi connectivity index (χ4n) is 5.06. The Kier molecular flexibility index (Phi) is 7.57. The monoisotopic (exact) mass is 571 g/mol. The molecular formula is C26H30F5N5O2S. The normalized spacial score (nSPS) is 24.6. The second-order valence-electron chi connectivity index (χ2n) is 10.3. The molecule has 2 aromatic heterocycles. The van der Waals surface area contributed by atoms with Gasteiger partial charge in [0.1, 0.15) is 6.17 Å². The molecule has 1 aromatic carbocycles. The minimum Gasteiger partial charge on any atom is -0.378 e. The van der Waals surface area contributed by atoms with Crippen LogP contribution in [0.1, 0.15) is 57.4 Å². The fourth-order valence-corrected chi connectivity index (χ4v) is 6.28. The largest absolute Gasteiger partial charge is 0.393 e. The van der Waals surface area contributed by atoms with Crippen molar-refractivity contribution in [3.63, 3.8) is 0 Å². The first-order valence-electron chi connectivity index (χ1n) is 13.1. The number of benzene rings is 1. The van der Waals surface area contributed by atoms with Crippen molar-refractivity contribution in [2.75, 3.05) is 5.32 Å².